The molecule has 29 heavy (non-hydrogen) atoms. The Labute approximate surface area is 172 Å². The van der Waals surface area contributed by atoms with Crippen molar-refractivity contribution in [2.24, 2.45) is 0 Å². The van der Waals surface area contributed by atoms with Gasteiger partial charge in [-0.2, -0.15) is 4.57 Å². The predicted octanol–water partition coefficient (Wildman–Crippen LogP) is 2.56. The number of benzene rings is 1. The summed E-state index contributed by atoms with van der Waals surface area (Å²) in [6, 6.07) is 7.76. The first kappa shape index (κ1) is 20.9. The first-order chi connectivity index (χ1) is 14.1. The lowest BCUT2D eigenvalue weighted by atomic mass is 10.2. The molecule has 1 aliphatic rings. The van der Waals surface area contributed by atoms with Gasteiger partial charge in [-0.25, -0.2) is 0 Å². The molecule has 1 aliphatic heterocycles. The van der Waals surface area contributed by atoms with Gasteiger partial charge in [-0.15, -0.1) is 0 Å². The zero-order valence-corrected chi connectivity index (χ0v) is 17.4. The quantitative estimate of drug-likeness (QED) is 0.690. The van der Waals surface area contributed by atoms with Gasteiger partial charge in [0.2, 0.25) is 6.54 Å². The Morgan fingerprint density at radius 3 is 2.41 bits per heavy atom. The fourth-order valence-electron chi connectivity index (χ4n) is 3.24. The Morgan fingerprint density at radius 2 is 1.76 bits per heavy atom. The molecule has 1 amide bonds. The van der Waals surface area contributed by atoms with Gasteiger partial charge in [-0.3, -0.25) is 4.79 Å². The van der Waals surface area contributed by atoms with Crippen LogP contribution >= 0.6 is 0 Å². The molecule has 7 heteroatoms. The summed E-state index contributed by atoms with van der Waals surface area (Å²) in [5.74, 6) is 1.25. The van der Waals surface area contributed by atoms with Gasteiger partial charge in [0.15, 0.2) is 12.4 Å². The van der Waals surface area contributed by atoms with E-state index >= 15 is 0 Å². The molecule has 2 heterocycles. The average Bonchev–Trinajstić information content (AvgIpc) is 2.72. The van der Waals surface area contributed by atoms with Crippen molar-refractivity contribution in [1.82, 2.24) is 0 Å². The highest BCUT2D eigenvalue weighted by Crippen LogP contribution is 2.39. The Balaban J connectivity index is 1.84. The van der Waals surface area contributed by atoms with E-state index in [0.29, 0.717) is 37.9 Å². The van der Waals surface area contributed by atoms with E-state index in [4.69, 9.17) is 14.2 Å². The molecule has 1 aromatic carbocycles. The Kier molecular flexibility index (Phi) is 7.30. The number of nitrogens with one attached hydrogen (secondary N) is 1. The predicted molar refractivity (Wildman–Crippen MR) is 112 cm³/mol. The van der Waals surface area contributed by atoms with Gasteiger partial charge in [-0.1, -0.05) is 0 Å². The molecule has 0 spiro atoms. The maximum Gasteiger partial charge on any atom is 0.290 e. The molecule has 0 atom stereocenters. The number of carbonyl (C=O) groups is 1. The Hall–Kier alpha value is -2.80. The summed E-state index contributed by atoms with van der Waals surface area (Å²) in [5.41, 5.74) is 2.73. The Bertz CT molecular complexity index is 818. The van der Waals surface area contributed by atoms with E-state index in [1.165, 1.54) is 0 Å². The highest BCUT2D eigenvalue weighted by atomic mass is 16.5. The summed E-state index contributed by atoms with van der Waals surface area (Å²) in [7, 11) is 0. The number of morpholine rings is 1. The number of hydrogen-bond donors (Lipinski definition) is 1. The highest BCUT2D eigenvalue weighted by Gasteiger charge is 2.21. The first-order valence-corrected chi connectivity index (χ1v) is 10.1. The van der Waals surface area contributed by atoms with Crippen LogP contribution in [0.3, 0.4) is 0 Å². The summed E-state index contributed by atoms with van der Waals surface area (Å²) in [4.78, 5) is 14.9. The number of amides is 1. The van der Waals surface area contributed by atoms with Crippen molar-refractivity contribution >= 4 is 17.3 Å². The van der Waals surface area contributed by atoms with E-state index in [9.17, 15) is 4.79 Å². The lowest BCUT2D eigenvalue weighted by Crippen LogP contribution is -2.39. The van der Waals surface area contributed by atoms with Crippen LogP contribution in [-0.2, 0) is 16.1 Å². The van der Waals surface area contributed by atoms with Crippen molar-refractivity contribution in [1.29, 1.82) is 0 Å². The molecule has 0 radical (unpaired) electrons. The summed E-state index contributed by atoms with van der Waals surface area (Å²) in [6.07, 6.45) is 3.79. The first-order valence-electron chi connectivity index (χ1n) is 10.1. The fraction of sp³-hybridized carbons (Fsp3) is 0.455. The molecule has 1 saturated heterocycles. The van der Waals surface area contributed by atoms with Crippen molar-refractivity contribution in [3.8, 4) is 11.5 Å². The van der Waals surface area contributed by atoms with Gasteiger partial charge in [0, 0.05) is 37.4 Å². The van der Waals surface area contributed by atoms with Crippen LogP contribution in [0.5, 0.6) is 11.5 Å². The minimum absolute atomic E-state index is 0.124. The van der Waals surface area contributed by atoms with Gasteiger partial charge in [0.1, 0.15) is 11.5 Å². The van der Waals surface area contributed by atoms with Gasteiger partial charge < -0.3 is 24.4 Å². The zero-order valence-electron chi connectivity index (χ0n) is 17.4. The maximum atomic E-state index is 12.6. The van der Waals surface area contributed by atoms with Crippen molar-refractivity contribution in [2.45, 2.75) is 27.3 Å². The fourth-order valence-corrected chi connectivity index (χ4v) is 3.24. The number of hydrogen-bond acceptors (Lipinski definition) is 5. The van der Waals surface area contributed by atoms with Crippen LogP contribution in [0, 0.1) is 6.92 Å². The molecule has 156 valence electrons. The van der Waals surface area contributed by atoms with Gasteiger partial charge >= 0.3 is 0 Å². The van der Waals surface area contributed by atoms with E-state index in [-0.39, 0.29) is 12.5 Å². The summed E-state index contributed by atoms with van der Waals surface area (Å²) in [5, 5.41) is 2.98. The normalized spacial score (nSPS) is 13.8. The number of anilines is 2. The number of pyridine rings is 1. The lowest BCUT2D eigenvalue weighted by molar-refractivity contribution is -0.684. The van der Waals surface area contributed by atoms with Crippen LogP contribution in [0.2, 0.25) is 0 Å². The number of aryl methyl sites for hydroxylation is 1. The van der Waals surface area contributed by atoms with Crippen LogP contribution in [0.15, 0.2) is 36.7 Å². The van der Waals surface area contributed by atoms with Crippen LogP contribution in [0.4, 0.5) is 11.4 Å². The molecular weight excluding hydrogens is 370 g/mol. The summed E-state index contributed by atoms with van der Waals surface area (Å²) >= 11 is 0. The van der Waals surface area contributed by atoms with Gasteiger partial charge in [0.25, 0.3) is 5.91 Å². The Morgan fingerprint density at radius 1 is 1.10 bits per heavy atom. The van der Waals surface area contributed by atoms with Crippen LogP contribution in [0.25, 0.3) is 0 Å². The van der Waals surface area contributed by atoms with E-state index in [0.717, 1.165) is 30.1 Å². The van der Waals surface area contributed by atoms with E-state index in [2.05, 4.69) is 10.2 Å². The molecule has 1 fully saturated rings. The zero-order chi connectivity index (χ0) is 20.6. The maximum absolute atomic E-state index is 12.6. The highest BCUT2D eigenvalue weighted by molar-refractivity contribution is 5.92. The molecule has 7 nitrogen and oxygen atoms in total. The average molecular weight is 400 g/mol. The number of carbonyl (C=O) groups excluding carboxylic acids is 1. The van der Waals surface area contributed by atoms with Crippen LogP contribution in [-0.4, -0.2) is 45.4 Å². The van der Waals surface area contributed by atoms with E-state index < -0.39 is 0 Å². The number of rotatable bonds is 8. The third kappa shape index (κ3) is 5.60. The number of nitrogens with zero attached hydrogens (tertiary/aromatic N) is 2. The van der Waals surface area contributed by atoms with Crippen molar-refractivity contribution in [3.05, 3.63) is 42.2 Å². The largest absolute Gasteiger partial charge is 0.492 e. The topological polar surface area (TPSA) is 63.9 Å². The molecular formula is C22H30N3O4+. The van der Waals surface area contributed by atoms with Gasteiger partial charge in [0.05, 0.1) is 37.8 Å². The monoisotopic (exact) mass is 400 g/mol. The lowest BCUT2D eigenvalue weighted by Gasteiger charge is -2.31. The second-order valence-corrected chi connectivity index (χ2v) is 6.88. The minimum atomic E-state index is -0.124. The molecule has 0 aliphatic carbocycles. The number of aromatic nitrogens is 1. The number of ether oxygens (including phenoxy) is 3. The SMILES string of the molecule is CCOc1cc(N2CCOCC2)c(OCC)cc1NC(=O)C[n+]1ccc(C)cc1. The molecule has 1 aromatic heterocycles. The minimum Gasteiger partial charge on any atom is -0.492 e. The second kappa shape index (κ2) is 10.1. The molecule has 0 unspecified atom stereocenters. The molecule has 1 N–H and O–H groups in total. The third-order valence-corrected chi connectivity index (χ3v) is 4.67. The standard InChI is InChI=1S/C22H29N3O4/c1-4-28-20-15-19(25-10-12-27-13-11-25)21(29-5-2)14-18(20)23-22(26)16-24-8-6-17(3)7-9-24/h6-9,14-15H,4-5,10-13,16H2,1-3H3/p+1. The smallest absolute Gasteiger partial charge is 0.290 e. The molecule has 3 rings (SSSR count). The van der Waals surface area contributed by atoms with Crippen LogP contribution in [0.1, 0.15) is 19.4 Å². The van der Waals surface area contributed by atoms with Crippen LogP contribution < -0.4 is 24.3 Å². The summed E-state index contributed by atoms with van der Waals surface area (Å²) < 4.78 is 19.0. The molecule has 0 saturated carbocycles. The van der Waals surface area contributed by atoms with Crippen molar-refractivity contribution < 1.29 is 23.6 Å². The van der Waals surface area contributed by atoms with Crippen molar-refractivity contribution in [3.63, 3.8) is 0 Å². The van der Waals surface area contributed by atoms with Crippen molar-refractivity contribution in [2.75, 3.05) is 49.7 Å². The summed E-state index contributed by atoms with van der Waals surface area (Å²) in [6.45, 7) is 10.1. The molecule has 2 aromatic rings. The molecule has 0 bridgehead atoms. The van der Waals surface area contributed by atoms with E-state index in [1.807, 2.05) is 62.0 Å². The third-order valence-electron chi connectivity index (χ3n) is 4.67. The van der Waals surface area contributed by atoms with E-state index in [1.54, 1.807) is 0 Å². The second-order valence-electron chi connectivity index (χ2n) is 6.88. The van der Waals surface area contributed by atoms with Gasteiger partial charge in [-0.05, 0) is 26.3 Å².